The Morgan fingerprint density at radius 3 is 2.62 bits per heavy atom. The Morgan fingerprint density at radius 2 is 2.12 bits per heavy atom. The van der Waals surface area contributed by atoms with Gasteiger partial charge in [-0.15, -0.1) is 0 Å². The van der Waals surface area contributed by atoms with Crippen molar-refractivity contribution >= 4 is 5.91 Å². The lowest BCUT2D eigenvalue weighted by molar-refractivity contribution is -0.118. The minimum Gasteiger partial charge on any atom is -0.368 e. The molecule has 0 spiro atoms. The molecule has 0 aromatic carbocycles. The first-order valence-corrected chi connectivity index (χ1v) is 5.46. The minimum absolute atomic E-state index is 0.147. The second kappa shape index (κ2) is 5.12. The van der Waals surface area contributed by atoms with Crippen LogP contribution >= 0.6 is 0 Å². The van der Waals surface area contributed by atoms with E-state index in [2.05, 4.69) is 24.3 Å². The van der Waals surface area contributed by atoms with Crippen molar-refractivity contribution in [2.24, 2.45) is 5.73 Å². The standard InChI is InChI=1S/C11H20N4O/c1-7(2)13-5-10-8(3)14-15(9(10)4)6-11(12)16/h7,13H,5-6H2,1-4H3,(H2,12,16). The molecule has 0 bridgehead atoms. The van der Waals surface area contributed by atoms with Crippen LogP contribution in [-0.4, -0.2) is 21.7 Å². The number of aryl methyl sites for hydroxylation is 1. The Hall–Kier alpha value is -1.36. The zero-order valence-electron chi connectivity index (χ0n) is 10.4. The first-order chi connectivity index (χ1) is 7.41. The normalized spacial score (nSPS) is 11.1. The minimum atomic E-state index is -0.367. The van der Waals surface area contributed by atoms with Crippen LogP contribution in [0.3, 0.4) is 0 Å². The molecule has 0 aliphatic carbocycles. The second-order valence-electron chi connectivity index (χ2n) is 4.31. The molecule has 0 aliphatic rings. The quantitative estimate of drug-likeness (QED) is 0.764. The van der Waals surface area contributed by atoms with Crippen LogP contribution in [-0.2, 0) is 17.9 Å². The van der Waals surface area contributed by atoms with Crippen LogP contribution in [0.5, 0.6) is 0 Å². The number of carbonyl (C=O) groups excluding carboxylic acids is 1. The third-order valence-corrected chi connectivity index (χ3v) is 2.52. The van der Waals surface area contributed by atoms with Gasteiger partial charge < -0.3 is 11.1 Å². The zero-order chi connectivity index (χ0) is 12.3. The average molecular weight is 224 g/mol. The van der Waals surface area contributed by atoms with E-state index in [0.717, 1.165) is 23.5 Å². The van der Waals surface area contributed by atoms with Crippen molar-refractivity contribution in [3.63, 3.8) is 0 Å². The third kappa shape index (κ3) is 3.06. The first-order valence-electron chi connectivity index (χ1n) is 5.46. The summed E-state index contributed by atoms with van der Waals surface area (Å²) >= 11 is 0. The number of nitrogens with one attached hydrogen (secondary N) is 1. The van der Waals surface area contributed by atoms with Crippen molar-refractivity contribution in [2.45, 2.75) is 46.8 Å². The van der Waals surface area contributed by atoms with Crippen LogP contribution in [0.15, 0.2) is 0 Å². The highest BCUT2D eigenvalue weighted by Gasteiger charge is 2.12. The van der Waals surface area contributed by atoms with Crippen LogP contribution < -0.4 is 11.1 Å². The molecule has 5 heteroatoms. The van der Waals surface area contributed by atoms with Crippen LogP contribution in [0.1, 0.15) is 30.8 Å². The van der Waals surface area contributed by atoms with Gasteiger partial charge in [0.1, 0.15) is 6.54 Å². The summed E-state index contributed by atoms with van der Waals surface area (Å²) in [6.07, 6.45) is 0. The number of carbonyl (C=O) groups is 1. The monoisotopic (exact) mass is 224 g/mol. The zero-order valence-corrected chi connectivity index (χ0v) is 10.4. The van der Waals surface area contributed by atoms with Crippen molar-refractivity contribution in [2.75, 3.05) is 0 Å². The number of rotatable bonds is 5. The molecule has 1 amide bonds. The van der Waals surface area contributed by atoms with Gasteiger partial charge in [0.25, 0.3) is 0 Å². The Bertz CT molecular complexity index is 382. The second-order valence-corrected chi connectivity index (χ2v) is 4.31. The molecule has 1 aromatic rings. The van der Waals surface area contributed by atoms with Crippen molar-refractivity contribution < 1.29 is 4.79 Å². The van der Waals surface area contributed by atoms with Gasteiger partial charge in [0, 0.05) is 23.8 Å². The van der Waals surface area contributed by atoms with E-state index in [9.17, 15) is 4.79 Å². The number of primary amides is 1. The Balaban J connectivity index is 2.84. The van der Waals surface area contributed by atoms with E-state index in [0.29, 0.717) is 6.04 Å². The maximum atomic E-state index is 10.9. The van der Waals surface area contributed by atoms with Gasteiger partial charge in [-0.1, -0.05) is 13.8 Å². The molecule has 1 rings (SSSR count). The summed E-state index contributed by atoms with van der Waals surface area (Å²) in [7, 11) is 0. The maximum absolute atomic E-state index is 10.9. The van der Waals surface area contributed by atoms with E-state index >= 15 is 0 Å². The lowest BCUT2D eigenvalue weighted by Crippen LogP contribution is -2.23. The summed E-state index contributed by atoms with van der Waals surface area (Å²) in [6, 6.07) is 0.429. The summed E-state index contributed by atoms with van der Waals surface area (Å²) in [5.41, 5.74) is 8.26. The van der Waals surface area contributed by atoms with Crippen LogP contribution in [0.25, 0.3) is 0 Å². The van der Waals surface area contributed by atoms with Gasteiger partial charge in [-0.2, -0.15) is 5.10 Å². The highest BCUT2D eigenvalue weighted by molar-refractivity contribution is 5.73. The summed E-state index contributed by atoms with van der Waals surface area (Å²) in [6.45, 7) is 9.02. The molecule has 16 heavy (non-hydrogen) atoms. The maximum Gasteiger partial charge on any atom is 0.239 e. The van der Waals surface area contributed by atoms with Gasteiger partial charge in [-0.05, 0) is 13.8 Å². The van der Waals surface area contributed by atoms with Crippen LogP contribution in [0.4, 0.5) is 0 Å². The predicted molar refractivity (Wildman–Crippen MR) is 62.9 cm³/mol. The van der Waals surface area contributed by atoms with E-state index in [1.165, 1.54) is 0 Å². The number of hydrogen-bond acceptors (Lipinski definition) is 3. The van der Waals surface area contributed by atoms with Gasteiger partial charge in [0.15, 0.2) is 0 Å². The summed E-state index contributed by atoms with van der Waals surface area (Å²) in [5.74, 6) is -0.367. The van der Waals surface area contributed by atoms with Gasteiger partial charge in [-0.25, -0.2) is 0 Å². The van der Waals surface area contributed by atoms with Gasteiger partial charge >= 0.3 is 0 Å². The molecule has 0 saturated carbocycles. The molecular formula is C11H20N4O. The number of amides is 1. The van der Waals surface area contributed by atoms with Gasteiger partial charge in [0.05, 0.1) is 5.69 Å². The molecule has 3 N–H and O–H groups in total. The molecule has 0 aliphatic heterocycles. The fourth-order valence-electron chi connectivity index (χ4n) is 1.60. The van der Waals surface area contributed by atoms with Crippen molar-refractivity contribution in [1.82, 2.24) is 15.1 Å². The van der Waals surface area contributed by atoms with E-state index in [1.54, 1.807) is 4.68 Å². The highest BCUT2D eigenvalue weighted by atomic mass is 16.1. The number of aromatic nitrogens is 2. The lowest BCUT2D eigenvalue weighted by Gasteiger charge is -2.08. The fourth-order valence-corrected chi connectivity index (χ4v) is 1.60. The smallest absolute Gasteiger partial charge is 0.239 e. The predicted octanol–water partition coefficient (Wildman–Crippen LogP) is 0.483. The SMILES string of the molecule is Cc1nn(CC(N)=O)c(C)c1CNC(C)C. The van der Waals surface area contributed by atoms with Crippen LogP contribution in [0.2, 0.25) is 0 Å². The lowest BCUT2D eigenvalue weighted by atomic mass is 10.2. The number of nitrogens with zero attached hydrogens (tertiary/aromatic N) is 2. The molecule has 1 aromatic heterocycles. The molecule has 0 saturated heterocycles. The highest BCUT2D eigenvalue weighted by Crippen LogP contribution is 2.12. The average Bonchev–Trinajstić information content (AvgIpc) is 2.39. The molecule has 0 atom stereocenters. The fraction of sp³-hybridized carbons (Fsp3) is 0.636. The van der Waals surface area contributed by atoms with Crippen molar-refractivity contribution in [3.8, 4) is 0 Å². The molecule has 1 heterocycles. The van der Waals surface area contributed by atoms with E-state index < -0.39 is 0 Å². The van der Waals surface area contributed by atoms with Crippen molar-refractivity contribution in [1.29, 1.82) is 0 Å². The largest absolute Gasteiger partial charge is 0.368 e. The summed E-state index contributed by atoms with van der Waals surface area (Å²) < 4.78 is 1.66. The molecule has 0 fully saturated rings. The van der Waals surface area contributed by atoms with E-state index in [4.69, 9.17) is 5.73 Å². The Labute approximate surface area is 96.0 Å². The number of hydrogen-bond donors (Lipinski definition) is 2. The molecular weight excluding hydrogens is 204 g/mol. The number of nitrogens with two attached hydrogens (primary N) is 1. The molecule has 90 valence electrons. The Morgan fingerprint density at radius 1 is 1.50 bits per heavy atom. The first kappa shape index (κ1) is 12.7. The Kier molecular flexibility index (Phi) is 4.06. The third-order valence-electron chi connectivity index (χ3n) is 2.52. The van der Waals surface area contributed by atoms with Crippen molar-refractivity contribution in [3.05, 3.63) is 17.0 Å². The summed E-state index contributed by atoms with van der Waals surface area (Å²) in [5, 5.41) is 7.64. The van der Waals surface area contributed by atoms with Gasteiger partial charge in [0.2, 0.25) is 5.91 Å². The van der Waals surface area contributed by atoms with E-state index in [-0.39, 0.29) is 12.5 Å². The summed E-state index contributed by atoms with van der Waals surface area (Å²) in [4.78, 5) is 10.9. The van der Waals surface area contributed by atoms with Crippen LogP contribution in [0, 0.1) is 13.8 Å². The molecule has 0 radical (unpaired) electrons. The van der Waals surface area contributed by atoms with E-state index in [1.807, 2.05) is 13.8 Å². The molecule has 5 nitrogen and oxygen atoms in total. The van der Waals surface area contributed by atoms with Gasteiger partial charge in [-0.3, -0.25) is 9.48 Å². The molecule has 0 unspecified atom stereocenters. The topological polar surface area (TPSA) is 72.9 Å².